The molecule has 2 heterocycles. The van der Waals surface area contributed by atoms with E-state index in [2.05, 4.69) is 30.0 Å². The minimum atomic E-state index is -1.24. The van der Waals surface area contributed by atoms with Gasteiger partial charge in [0.2, 0.25) is 0 Å². The van der Waals surface area contributed by atoms with Gasteiger partial charge < -0.3 is 14.7 Å². The van der Waals surface area contributed by atoms with Gasteiger partial charge in [0.1, 0.15) is 0 Å². The summed E-state index contributed by atoms with van der Waals surface area (Å²) in [6.07, 6.45) is 3.57. The second-order valence-corrected chi connectivity index (χ2v) is 8.03. The highest BCUT2D eigenvalue weighted by atomic mass is 16.5. The number of carbonyl (C=O) groups excluding carboxylic acids is 1. The predicted molar refractivity (Wildman–Crippen MR) is 102 cm³/mol. The molecule has 144 valence electrons. The second kappa shape index (κ2) is 8.51. The Labute approximate surface area is 156 Å². The van der Waals surface area contributed by atoms with E-state index in [-0.39, 0.29) is 5.91 Å². The summed E-state index contributed by atoms with van der Waals surface area (Å²) < 4.78 is 5.25. The molecule has 0 unspecified atom stereocenters. The molecule has 0 bridgehead atoms. The Balaban J connectivity index is 1.59. The van der Waals surface area contributed by atoms with E-state index in [9.17, 15) is 9.90 Å². The zero-order valence-electron chi connectivity index (χ0n) is 16.1. The van der Waals surface area contributed by atoms with Crippen molar-refractivity contribution in [2.45, 2.75) is 44.8 Å². The van der Waals surface area contributed by atoms with Gasteiger partial charge in [0.05, 0.1) is 0 Å². The molecule has 2 aliphatic heterocycles. The lowest BCUT2D eigenvalue weighted by molar-refractivity contribution is -0.160. The summed E-state index contributed by atoms with van der Waals surface area (Å²) in [6.45, 7) is 6.49. The topological polar surface area (TPSA) is 53.0 Å². The molecular weight excluding hydrogens is 328 g/mol. The van der Waals surface area contributed by atoms with Crippen molar-refractivity contribution in [3.05, 3.63) is 35.4 Å². The van der Waals surface area contributed by atoms with Crippen LogP contribution in [-0.2, 0) is 16.1 Å². The van der Waals surface area contributed by atoms with Gasteiger partial charge in [-0.1, -0.05) is 29.8 Å². The first-order valence-corrected chi connectivity index (χ1v) is 9.79. The normalized spacial score (nSPS) is 25.7. The molecule has 5 heteroatoms. The van der Waals surface area contributed by atoms with Crippen LogP contribution in [-0.4, -0.2) is 66.3 Å². The van der Waals surface area contributed by atoms with Crippen molar-refractivity contribution in [3.63, 3.8) is 0 Å². The lowest BCUT2D eigenvalue weighted by atomic mass is 9.89. The number of β-amino-alcohol motifs (C(OH)–C–C–N with tert-alkyl or cyclic N) is 1. The SMILES string of the molecule is COCC1CCN(C[C@@]2(O)CCCN(Cc3cccc(C)c3)C2=O)CC1. The van der Waals surface area contributed by atoms with Crippen molar-refractivity contribution in [1.82, 2.24) is 9.80 Å². The third kappa shape index (κ3) is 4.64. The van der Waals surface area contributed by atoms with Crippen molar-refractivity contribution in [2.24, 2.45) is 5.92 Å². The highest BCUT2D eigenvalue weighted by Crippen LogP contribution is 2.27. The minimum Gasteiger partial charge on any atom is -0.384 e. The van der Waals surface area contributed by atoms with Gasteiger partial charge >= 0.3 is 0 Å². The minimum absolute atomic E-state index is 0.107. The molecule has 0 radical (unpaired) electrons. The Hall–Kier alpha value is -1.43. The van der Waals surface area contributed by atoms with E-state index in [1.165, 1.54) is 5.56 Å². The molecule has 5 nitrogen and oxygen atoms in total. The fourth-order valence-electron chi connectivity index (χ4n) is 4.31. The van der Waals surface area contributed by atoms with Gasteiger partial charge in [-0.15, -0.1) is 0 Å². The number of likely N-dealkylation sites (tertiary alicyclic amines) is 2. The number of hydrogen-bond donors (Lipinski definition) is 1. The first-order valence-electron chi connectivity index (χ1n) is 9.79. The van der Waals surface area contributed by atoms with Crippen molar-refractivity contribution < 1.29 is 14.6 Å². The van der Waals surface area contributed by atoms with Crippen LogP contribution < -0.4 is 0 Å². The summed E-state index contributed by atoms with van der Waals surface area (Å²) >= 11 is 0. The molecule has 2 saturated heterocycles. The molecular formula is C21H32N2O3. The number of amides is 1. The summed E-state index contributed by atoms with van der Waals surface area (Å²) in [7, 11) is 1.75. The molecule has 1 amide bonds. The zero-order chi connectivity index (χ0) is 18.6. The Morgan fingerprint density at radius 1 is 1.27 bits per heavy atom. The number of piperidine rings is 2. The monoisotopic (exact) mass is 360 g/mol. The van der Waals surface area contributed by atoms with Crippen LogP contribution in [0, 0.1) is 12.8 Å². The number of aliphatic hydroxyl groups is 1. The van der Waals surface area contributed by atoms with Crippen molar-refractivity contribution >= 4 is 5.91 Å². The van der Waals surface area contributed by atoms with Gasteiger partial charge in [-0.25, -0.2) is 0 Å². The maximum absolute atomic E-state index is 13.0. The van der Waals surface area contributed by atoms with Crippen LogP contribution in [0.4, 0.5) is 0 Å². The van der Waals surface area contributed by atoms with Crippen molar-refractivity contribution in [1.29, 1.82) is 0 Å². The summed E-state index contributed by atoms with van der Waals surface area (Å²) in [5.41, 5.74) is 1.08. The standard InChI is InChI=1S/C21H32N2O3/c1-17-5-3-6-19(13-17)14-23-10-4-9-21(25,20(23)24)16-22-11-7-18(8-12-22)15-26-2/h3,5-6,13,18,25H,4,7-12,14-16H2,1-2H3/t21-/m0/s1. The lowest BCUT2D eigenvalue weighted by Crippen LogP contribution is -2.59. The average molecular weight is 360 g/mol. The molecule has 0 spiro atoms. The molecule has 1 atom stereocenters. The van der Waals surface area contributed by atoms with E-state index < -0.39 is 5.60 Å². The Bertz CT molecular complexity index is 613. The van der Waals surface area contributed by atoms with E-state index in [0.717, 1.165) is 51.1 Å². The predicted octanol–water partition coefficient (Wildman–Crippen LogP) is 2.21. The van der Waals surface area contributed by atoms with E-state index in [4.69, 9.17) is 4.74 Å². The smallest absolute Gasteiger partial charge is 0.256 e. The van der Waals surface area contributed by atoms with Gasteiger partial charge in [-0.3, -0.25) is 9.69 Å². The number of methoxy groups -OCH3 is 1. The average Bonchev–Trinajstić information content (AvgIpc) is 2.61. The maximum atomic E-state index is 13.0. The first kappa shape index (κ1) is 19.3. The van der Waals surface area contributed by atoms with Crippen LogP contribution in [0.1, 0.15) is 36.8 Å². The van der Waals surface area contributed by atoms with E-state index in [0.29, 0.717) is 25.4 Å². The van der Waals surface area contributed by atoms with Crippen LogP contribution in [0.15, 0.2) is 24.3 Å². The molecule has 26 heavy (non-hydrogen) atoms. The fourth-order valence-corrected chi connectivity index (χ4v) is 4.31. The molecule has 2 aliphatic rings. The largest absolute Gasteiger partial charge is 0.384 e. The van der Waals surface area contributed by atoms with Gasteiger partial charge in [-0.2, -0.15) is 0 Å². The van der Waals surface area contributed by atoms with Gasteiger partial charge in [0, 0.05) is 33.4 Å². The van der Waals surface area contributed by atoms with E-state index >= 15 is 0 Å². The zero-order valence-corrected chi connectivity index (χ0v) is 16.1. The van der Waals surface area contributed by atoms with Crippen molar-refractivity contribution in [2.75, 3.05) is 39.9 Å². The molecule has 1 aromatic carbocycles. The summed E-state index contributed by atoms with van der Waals surface area (Å²) in [5, 5.41) is 11.1. The summed E-state index contributed by atoms with van der Waals surface area (Å²) in [6, 6.07) is 8.25. The number of hydrogen-bond acceptors (Lipinski definition) is 4. The van der Waals surface area contributed by atoms with Gasteiger partial charge in [0.25, 0.3) is 5.91 Å². The highest BCUT2D eigenvalue weighted by Gasteiger charge is 2.43. The molecule has 0 saturated carbocycles. The number of nitrogens with zero attached hydrogens (tertiary/aromatic N) is 2. The number of benzene rings is 1. The van der Waals surface area contributed by atoms with E-state index in [1.807, 2.05) is 11.0 Å². The molecule has 2 fully saturated rings. The number of ether oxygens (including phenoxy) is 1. The summed E-state index contributed by atoms with van der Waals surface area (Å²) in [4.78, 5) is 17.1. The van der Waals surface area contributed by atoms with Gasteiger partial charge in [-0.05, 0) is 57.2 Å². The van der Waals surface area contributed by atoms with Gasteiger partial charge in [0.15, 0.2) is 5.60 Å². The molecule has 0 aromatic heterocycles. The van der Waals surface area contributed by atoms with Crippen LogP contribution in [0.5, 0.6) is 0 Å². The first-order chi connectivity index (χ1) is 12.5. The maximum Gasteiger partial charge on any atom is 0.256 e. The van der Waals surface area contributed by atoms with Crippen LogP contribution >= 0.6 is 0 Å². The van der Waals surface area contributed by atoms with Crippen LogP contribution in [0.2, 0.25) is 0 Å². The van der Waals surface area contributed by atoms with E-state index in [1.54, 1.807) is 7.11 Å². The molecule has 1 aromatic rings. The Kier molecular flexibility index (Phi) is 6.33. The highest BCUT2D eigenvalue weighted by molar-refractivity contribution is 5.86. The van der Waals surface area contributed by atoms with Crippen molar-refractivity contribution in [3.8, 4) is 0 Å². The van der Waals surface area contributed by atoms with Crippen LogP contribution in [0.3, 0.4) is 0 Å². The number of rotatable bonds is 6. The quantitative estimate of drug-likeness (QED) is 0.845. The Morgan fingerprint density at radius 3 is 2.73 bits per heavy atom. The third-order valence-electron chi connectivity index (χ3n) is 5.75. The Morgan fingerprint density at radius 2 is 2.04 bits per heavy atom. The molecule has 0 aliphatic carbocycles. The molecule has 1 N–H and O–H groups in total. The fraction of sp³-hybridized carbons (Fsp3) is 0.667. The molecule has 3 rings (SSSR count). The number of aryl methyl sites for hydroxylation is 1. The third-order valence-corrected chi connectivity index (χ3v) is 5.75. The lowest BCUT2D eigenvalue weighted by Gasteiger charge is -2.42. The number of carbonyl (C=O) groups is 1. The second-order valence-electron chi connectivity index (χ2n) is 8.03. The van der Waals surface area contributed by atoms with Crippen LogP contribution in [0.25, 0.3) is 0 Å². The summed E-state index contributed by atoms with van der Waals surface area (Å²) in [5.74, 6) is 0.495.